The van der Waals surface area contributed by atoms with Crippen molar-refractivity contribution in [3.63, 3.8) is 0 Å². The Morgan fingerprint density at radius 3 is 2.60 bits per heavy atom. The largest absolute Gasteiger partial charge is 0.493 e. The average Bonchev–Trinajstić information content (AvgIpc) is 2.48. The fourth-order valence-corrected chi connectivity index (χ4v) is 1.98. The summed E-state index contributed by atoms with van der Waals surface area (Å²) in [5.41, 5.74) is 3.57. The normalized spacial score (nSPS) is 10.7. The van der Waals surface area contributed by atoms with Gasteiger partial charge >= 0.3 is 0 Å². The van der Waals surface area contributed by atoms with Gasteiger partial charge in [-0.1, -0.05) is 12.1 Å². The van der Waals surface area contributed by atoms with Crippen LogP contribution >= 0.6 is 0 Å². The van der Waals surface area contributed by atoms with Crippen LogP contribution in [0.1, 0.15) is 12.6 Å². The number of hydrogen-bond acceptors (Lipinski definition) is 5. The van der Waals surface area contributed by atoms with Crippen LogP contribution in [0.25, 0.3) is 22.6 Å². The van der Waals surface area contributed by atoms with E-state index in [1.165, 1.54) is 0 Å². The number of aryl methyl sites for hydroxylation is 1. The number of hydrogen-bond donors (Lipinski definition) is 0. The molecule has 0 bridgehead atoms. The summed E-state index contributed by atoms with van der Waals surface area (Å²) in [6, 6.07) is 7.77. The summed E-state index contributed by atoms with van der Waals surface area (Å²) in [4.78, 5) is 17.4. The molecule has 0 N–H and O–H groups in total. The van der Waals surface area contributed by atoms with Gasteiger partial charge in [0.05, 0.1) is 30.4 Å². The van der Waals surface area contributed by atoms with E-state index in [0.717, 1.165) is 22.7 Å². The molecule has 1 aromatic carbocycles. The Morgan fingerprint density at radius 2 is 1.75 bits per heavy atom. The molecule has 0 radical (unpaired) electrons. The first-order valence-electron chi connectivity index (χ1n) is 6.46. The Balaban J connectivity index is 2.12. The lowest BCUT2D eigenvalue weighted by Crippen LogP contribution is -1.98. The highest BCUT2D eigenvalue weighted by atomic mass is 16.5. The van der Waals surface area contributed by atoms with Gasteiger partial charge in [-0.05, 0) is 26.0 Å². The first-order valence-corrected chi connectivity index (χ1v) is 6.46. The highest BCUT2D eigenvalue weighted by molar-refractivity contribution is 5.72. The van der Waals surface area contributed by atoms with Crippen LogP contribution in [0.2, 0.25) is 0 Å². The molecule has 5 nitrogen and oxygen atoms in total. The maximum absolute atomic E-state index is 5.62. The lowest BCUT2D eigenvalue weighted by Gasteiger charge is -2.09. The van der Waals surface area contributed by atoms with Gasteiger partial charge in [0.15, 0.2) is 11.3 Å². The van der Waals surface area contributed by atoms with E-state index in [-0.39, 0.29) is 0 Å². The number of aromatic nitrogens is 4. The van der Waals surface area contributed by atoms with Crippen molar-refractivity contribution >= 4 is 11.3 Å². The summed E-state index contributed by atoms with van der Waals surface area (Å²) in [6.45, 7) is 4.44. The van der Waals surface area contributed by atoms with E-state index < -0.39 is 0 Å². The minimum absolute atomic E-state index is 0.541. The van der Waals surface area contributed by atoms with Gasteiger partial charge in [-0.15, -0.1) is 0 Å². The van der Waals surface area contributed by atoms with Crippen LogP contribution in [0.15, 0.2) is 36.7 Å². The van der Waals surface area contributed by atoms with Gasteiger partial charge in [-0.25, -0.2) is 19.9 Å². The van der Waals surface area contributed by atoms with E-state index in [9.17, 15) is 0 Å². The van der Waals surface area contributed by atoms with Crippen LogP contribution in [0, 0.1) is 6.92 Å². The molecule has 0 aliphatic carbocycles. The van der Waals surface area contributed by atoms with Crippen molar-refractivity contribution in [3.8, 4) is 17.0 Å². The van der Waals surface area contributed by atoms with Crippen LogP contribution in [-0.2, 0) is 0 Å². The van der Waals surface area contributed by atoms with E-state index in [4.69, 9.17) is 4.74 Å². The van der Waals surface area contributed by atoms with E-state index in [2.05, 4.69) is 19.9 Å². The molecule has 100 valence electrons. The summed E-state index contributed by atoms with van der Waals surface area (Å²) >= 11 is 0. The van der Waals surface area contributed by atoms with Crippen molar-refractivity contribution in [1.29, 1.82) is 0 Å². The van der Waals surface area contributed by atoms with Crippen molar-refractivity contribution in [2.45, 2.75) is 13.8 Å². The van der Waals surface area contributed by atoms with Crippen LogP contribution in [0.5, 0.6) is 5.75 Å². The zero-order valence-corrected chi connectivity index (χ0v) is 11.4. The summed E-state index contributed by atoms with van der Waals surface area (Å²) in [7, 11) is 0. The molecule has 0 amide bonds. The molecule has 0 spiro atoms. The Labute approximate surface area is 116 Å². The quantitative estimate of drug-likeness (QED) is 0.729. The first-order chi connectivity index (χ1) is 9.78. The Kier molecular flexibility index (Phi) is 3.25. The lowest BCUT2D eigenvalue weighted by atomic mass is 10.1. The second kappa shape index (κ2) is 5.21. The van der Waals surface area contributed by atoms with Crippen LogP contribution < -0.4 is 4.74 Å². The predicted octanol–water partition coefficient (Wildman–Crippen LogP) is 2.79. The summed E-state index contributed by atoms with van der Waals surface area (Å²) in [5, 5.41) is 0. The first kappa shape index (κ1) is 12.5. The van der Waals surface area contributed by atoms with Gasteiger partial charge in [0.1, 0.15) is 5.75 Å². The number of rotatable bonds is 3. The van der Waals surface area contributed by atoms with Gasteiger partial charge in [-0.2, -0.15) is 0 Å². The summed E-state index contributed by atoms with van der Waals surface area (Å²) in [5.74, 6) is 0.795. The number of ether oxygens (including phenoxy) is 1. The van der Waals surface area contributed by atoms with Gasteiger partial charge in [0, 0.05) is 5.56 Å². The molecule has 0 saturated heterocycles. The van der Waals surface area contributed by atoms with Gasteiger partial charge < -0.3 is 4.74 Å². The molecule has 0 aliphatic rings. The predicted molar refractivity (Wildman–Crippen MR) is 76.5 cm³/mol. The van der Waals surface area contributed by atoms with E-state index in [1.807, 2.05) is 38.1 Å². The Bertz CT molecular complexity index is 758. The van der Waals surface area contributed by atoms with Crippen LogP contribution in [-0.4, -0.2) is 26.5 Å². The number of benzene rings is 1. The van der Waals surface area contributed by atoms with Crippen LogP contribution in [0.3, 0.4) is 0 Å². The van der Waals surface area contributed by atoms with Crippen molar-refractivity contribution in [2.24, 2.45) is 0 Å². The highest BCUT2D eigenvalue weighted by Gasteiger charge is 2.09. The van der Waals surface area contributed by atoms with Crippen molar-refractivity contribution in [3.05, 3.63) is 42.4 Å². The molecule has 5 heteroatoms. The zero-order chi connectivity index (χ0) is 13.9. The molecular formula is C15H14N4O. The number of fused-ring (bicyclic) bond motifs is 1. The van der Waals surface area contributed by atoms with Gasteiger partial charge in [-0.3, -0.25) is 0 Å². The fourth-order valence-electron chi connectivity index (χ4n) is 1.98. The minimum Gasteiger partial charge on any atom is -0.493 e. The third-order valence-corrected chi connectivity index (χ3v) is 2.85. The van der Waals surface area contributed by atoms with Crippen molar-refractivity contribution in [1.82, 2.24) is 19.9 Å². The summed E-state index contributed by atoms with van der Waals surface area (Å²) < 4.78 is 5.62. The SMILES string of the molecule is CCOc1ccccc1-c1cnc2nc(C)cnc2n1. The zero-order valence-electron chi connectivity index (χ0n) is 11.4. The van der Waals surface area contributed by atoms with Crippen molar-refractivity contribution < 1.29 is 4.74 Å². The molecule has 2 heterocycles. The fraction of sp³-hybridized carbons (Fsp3) is 0.200. The second-order valence-electron chi connectivity index (χ2n) is 4.34. The molecule has 3 rings (SSSR count). The molecule has 20 heavy (non-hydrogen) atoms. The van der Waals surface area contributed by atoms with Gasteiger partial charge in [0.25, 0.3) is 0 Å². The standard InChI is InChI=1S/C15H14N4O/c1-3-20-13-7-5-4-6-11(13)12-9-17-14-15(19-12)16-8-10(2)18-14/h4-9H,3H2,1-2H3. The molecule has 0 aliphatic heterocycles. The molecule has 0 unspecified atom stereocenters. The topological polar surface area (TPSA) is 60.8 Å². The maximum Gasteiger partial charge on any atom is 0.198 e. The number of para-hydroxylation sites is 1. The second-order valence-corrected chi connectivity index (χ2v) is 4.34. The molecule has 3 aromatic rings. The molecule has 0 fully saturated rings. The van der Waals surface area contributed by atoms with Crippen LogP contribution in [0.4, 0.5) is 0 Å². The van der Waals surface area contributed by atoms with E-state index >= 15 is 0 Å². The smallest absolute Gasteiger partial charge is 0.198 e. The lowest BCUT2D eigenvalue weighted by molar-refractivity contribution is 0.341. The third-order valence-electron chi connectivity index (χ3n) is 2.85. The molecule has 0 saturated carbocycles. The minimum atomic E-state index is 0.541. The molecule has 0 atom stereocenters. The Hall–Kier alpha value is -2.56. The van der Waals surface area contributed by atoms with E-state index in [1.54, 1.807) is 12.4 Å². The highest BCUT2D eigenvalue weighted by Crippen LogP contribution is 2.28. The average molecular weight is 266 g/mol. The monoisotopic (exact) mass is 266 g/mol. The number of nitrogens with zero attached hydrogens (tertiary/aromatic N) is 4. The van der Waals surface area contributed by atoms with E-state index in [0.29, 0.717) is 17.9 Å². The third kappa shape index (κ3) is 2.30. The van der Waals surface area contributed by atoms with Crippen molar-refractivity contribution in [2.75, 3.05) is 6.61 Å². The molecule has 2 aromatic heterocycles. The Morgan fingerprint density at radius 1 is 1.00 bits per heavy atom. The summed E-state index contributed by atoms with van der Waals surface area (Å²) in [6.07, 6.45) is 3.39. The maximum atomic E-state index is 5.62. The van der Waals surface area contributed by atoms with Gasteiger partial charge in [0.2, 0.25) is 0 Å². The molecular weight excluding hydrogens is 252 g/mol.